The van der Waals surface area contributed by atoms with Gasteiger partial charge in [0.25, 0.3) is 0 Å². The zero-order valence-corrected chi connectivity index (χ0v) is 19.6. The number of piperazine rings is 1. The van der Waals surface area contributed by atoms with Crippen molar-refractivity contribution in [1.82, 2.24) is 14.8 Å². The lowest BCUT2D eigenvalue weighted by atomic mass is 10.1. The predicted molar refractivity (Wildman–Crippen MR) is 129 cm³/mol. The Morgan fingerprint density at radius 3 is 2.55 bits per heavy atom. The number of hydrogen-bond acceptors (Lipinski definition) is 5. The summed E-state index contributed by atoms with van der Waals surface area (Å²) in [6.45, 7) is 5.44. The Balaban J connectivity index is 1.34. The molecule has 162 valence electrons. The van der Waals surface area contributed by atoms with Crippen LogP contribution >= 0.6 is 34.5 Å². The quantitative estimate of drug-likeness (QED) is 0.543. The lowest BCUT2D eigenvalue weighted by molar-refractivity contribution is -0.115. The first-order valence-electron chi connectivity index (χ1n) is 10.2. The maximum Gasteiger partial charge on any atom is 0.230 e. The first-order valence-corrected chi connectivity index (χ1v) is 11.8. The normalized spacial score (nSPS) is 15.2. The topological polar surface area (TPSA) is 48.5 Å². The number of anilines is 1. The van der Waals surface area contributed by atoms with Gasteiger partial charge in [0.1, 0.15) is 5.01 Å². The minimum Gasteiger partial charge on any atom is -0.324 e. The van der Waals surface area contributed by atoms with Gasteiger partial charge in [0.2, 0.25) is 5.91 Å². The van der Waals surface area contributed by atoms with Crippen molar-refractivity contribution in [2.75, 3.05) is 38.5 Å². The van der Waals surface area contributed by atoms with E-state index in [1.54, 1.807) is 29.5 Å². The molecular weight excluding hydrogens is 451 g/mol. The van der Waals surface area contributed by atoms with Crippen molar-refractivity contribution < 1.29 is 4.79 Å². The Morgan fingerprint density at radius 2 is 1.84 bits per heavy atom. The molecular formula is C23H24Cl2N4OS. The molecule has 1 aromatic heterocycles. The number of rotatable bonds is 6. The molecule has 2 heterocycles. The summed E-state index contributed by atoms with van der Waals surface area (Å²) in [4.78, 5) is 21.9. The van der Waals surface area contributed by atoms with Crippen molar-refractivity contribution in [3.63, 3.8) is 0 Å². The van der Waals surface area contributed by atoms with E-state index in [0.717, 1.165) is 49.0 Å². The second-order valence-electron chi connectivity index (χ2n) is 7.77. The molecule has 2 aromatic carbocycles. The number of aromatic nitrogens is 1. The van der Waals surface area contributed by atoms with Crippen LogP contribution in [0.3, 0.4) is 0 Å². The van der Waals surface area contributed by atoms with Gasteiger partial charge in [-0.25, -0.2) is 4.98 Å². The summed E-state index contributed by atoms with van der Waals surface area (Å²) in [6.07, 6.45) is 0.191. The number of thiazole rings is 1. The fourth-order valence-corrected chi connectivity index (χ4v) is 4.77. The molecule has 5 nitrogen and oxygen atoms in total. The zero-order chi connectivity index (χ0) is 21.8. The third-order valence-electron chi connectivity index (χ3n) is 5.30. The summed E-state index contributed by atoms with van der Waals surface area (Å²) in [7, 11) is 2.17. The van der Waals surface area contributed by atoms with Crippen molar-refractivity contribution in [2.45, 2.75) is 13.0 Å². The number of carbonyl (C=O) groups is 1. The van der Waals surface area contributed by atoms with E-state index in [-0.39, 0.29) is 12.3 Å². The number of likely N-dealkylation sites (N-methyl/N-ethyl adjacent to an activating group) is 1. The van der Waals surface area contributed by atoms with E-state index < -0.39 is 0 Å². The zero-order valence-electron chi connectivity index (χ0n) is 17.3. The van der Waals surface area contributed by atoms with Crippen molar-refractivity contribution >= 4 is 46.1 Å². The highest BCUT2D eigenvalue weighted by molar-refractivity contribution is 7.13. The van der Waals surface area contributed by atoms with Crippen LogP contribution in [0.15, 0.2) is 47.8 Å². The van der Waals surface area contributed by atoms with Crippen LogP contribution in [0.1, 0.15) is 11.3 Å². The van der Waals surface area contributed by atoms with Crippen LogP contribution < -0.4 is 5.32 Å². The second-order valence-corrected chi connectivity index (χ2v) is 9.47. The summed E-state index contributed by atoms with van der Waals surface area (Å²) >= 11 is 13.6. The first-order chi connectivity index (χ1) is 15.0. The van der Waals surface area contributed by atoms with Gasteiger partial charge in [-0.15, -0.1) is 11.3 Å². The van der Waals surface area contributed by atoms with E-state index in [9.17, 15) is 4.79 Å². The van der Waals surface area contributed by atoms with E-state index in [1.165, 1.54) is 5.56 Å². The van der Waals surface area contributed by atoms with Crippen LogP contribution in [0.4, 0.5) is 5.69 Å². The van der Waals surface area contributed by atoms with Gasteiger partial charge in [-0.1, -0.05) is 47.5 Å². The number of carbonyl (C=O) groups excluding carboxylic acids is 1. The summed E-state index contributed by atoms with van der Waals surface area (Å²) < 4.78 is 0. The Kier molecular flexibility index (Phi) is 7.25. The largest absolute Gasteiger partial charge is 0.324 e. The van der Waals surface area contributed by atoms with Crippen molar-refractivity contribution in [2.24, 2.45) is 0 Å². The number of hydrogen-bond donors (Lipinski definition) is 1. The van der Waals surface area contributed by atoms with E-state index in [0.29, 0.717) is 15.7 Å². The molecule has 0 spiro atoms. The van der Waals surface area contributed by atoms with Crippen LogP contribution in [-0.2, 0) is 17.8 Å². The lowest BCUT2D eigenvalue weighted by Gasteiger charge is -2.32. The molecule has 0 saturated carbocycles. The Hall–Kier alpha value is -1.96. The highest BCUT2D eigenvalue weighted by Gasteiger charge is 2.14. The maximum absolute atomic E-state index is 12.4. The van der Waals surface area contributed by atoms with Gasteiger partial charge in [-0.3, -0.25) is 9.69 Å². The predicted octanol–water partition coefficient (Wildman–Crippen LogP) is 5.05. The van der Waals surface area contributed by atoms with Gasteiger partial charge in [0, 0.05) is 48.7 Å². The Morgan fingerprint density at radius 1 is 1.10 bits per heavy atom. The lowest BCUT2D eigenvalue weighted by Crippen LogP contribution is -2.43. The van der Waals surface area contributed by atoms with Crippen LogP contribution in [0.25, 0.3) is 10.6 Å². The second kappa shape index (κ2) is 10.1. The molecule has 31 heavy (non-hydrogen) atoms. The van der Waals surface area contributed by atoms with Gasteiger partial charge in [0.05, 0.1) is 22.8 Å². The highest BCUT2D eigenvalue weighted by Crippen LogP contribution is 2.27. The number of benzene rings is 2. The Labute approximate surface area is 196 Å². The molecule has 0 unspecified atom stereocenters. The molecule has 4 rings (SSSR count). The fourth-order valence-electron chi connectivity index (χ4n) is 3.49. The molecule has 1 amide bonds. The summed E-state index contributed by atoms with van der Waals surface area (Å²) in [6, 6.07) is 13.6. The monoisotopic (exact) mass is 474 g/mol. The molecule has 1 aliphatic heterocycles. The third kappa shape index (κ3) is 6.05. The van der Waals surface area contributed by atoms with Gasteiger partial charge in [-0.2, -0.15) is 0 Å². The van der Waals surface area contributed by atoms with E-state index in [2.05, 4.69) is 51.4 Å². The smallest absolute Gasteiger partial charge is 0.230 e. The van der Waals surface area contributed by atoms with Gasteiger partial charge in [0.15, 0.2) is 0 Å². The summed E-state index contributed by atoms with van der Waals surface area (Å²) in [5.74, 6) is -0.163. The maximum atomic E-state index is 12.4. The fraction of sp³-hybridized carbons (Fsp3) is 0.304. The first kappa shape index (κ1) is 22.2. The molecule has 0 radical (unpaired) electrons. The minimum absolute atomic E-state index is 0.163. The average Bonchev–Trinajstić information content (AvgIpc) is 3.21. The van der Waals surface area contributed by atoms with Gasteiger partial charge >= 0.3 is 0 Å². The highest BCUT2D eigenvalue weighted by atomic mass is 35.5. The molecule has 1 saturated heterocycles. The standard InChI is InChI=1S/C23H24Cl2N4OS/c1-28-8-10-29(11-9-28)14-16-2-4-17(5-3-16)23-26-19(15-31-23)13-22(30)27-21-7-6-18(24)12-20(21)25/h2-7,12,15H,8-11,13-14H2,1H3,(H,27,30). The molecule has 0 aliphatic carbocycles. The minimum atomic E-state index is -0.163. The molecule has 3 aromatic rings. The molecule has 1 aliphatic rings. The van der Waals surface area contributed by atoms with Crippen LogP contribution in [-0.4, -0.2) is 53.9 Å². The van der Waals surface area contributed by atoms with E-state index in [4.69, 9.17) is 23.2 Å². The average molecular weight is 475 g/mol. The van der Waals surface area contributed by atoms with E-state index in [1.807, 2.05) is 5.38 Å². The Bertz CT molecular complexity index is 1050. The molecule has 0 bridgehead atoms. The molecule has 8 heteroatoms. The number of nitrogens with zero attached hydrogens (tertiary/aromatic N) is 3. The van der Waals surface area contributed by atoms with Gasteiger partial charge < -0.3 is 10.2 Å². The van der Waals surface area contributed by atoms with Crippen LogP contribution in [0.5, 0.6) is 0 Å². The van der Waals surface area contributed by atoms with E-state index >= 15 is 0 Å². The van der Waals surface area contributed by atoms with Gasteiger partial charge in [-0.05, 0) is 30.8 Å². The number of nitrogens with one attached hydrogen (secondary N) is 1. The van der Waals surface area contributed by atoms with Crippen molar-refractivity contribution in [3.05, 3.63) is 69.1 Å². The van der Waals surface area contributed by atoms with Crippen molar-refractivity contribution in [3.8, 4) is 10.6 Å². The van der Waals surface area contributed by atoms with Crippen LogP contribution in [0, 0.1) is 0 Å². The summed E-state index contributed by atoms with van der Waals surface area (Å²) in [5, 5.41) is 6.60. The SMILES string of the molecule is CN1CCN(Cc2ccc(-c3nc(CC(=O)Nc4ccc(Cl)cc4Cl)cs3)cc2)CC1. The summed E-state index contributed by atoms with van der Waals surface area (Å²) in [5.41, 5.74) is 3.66. The third-order valence-corrected chi connectivity index (χ3v) is 6.79. The number of amides is 1. The number of halogens is 2. The van der Waals surface area contributed by atoms with Crippen molar-refractivity contribution in [1.29, 1.82) is 0 Å². The molecule has 0 atom stereocenters. The van der Waals surface area contributed by atoms with Crippen LogP contribution in [0.2, 0.25) is 10.0 Å². The molecule has 1 fully saturated rings. The molecule has 1 N–H and O–H groups in total.